The topological polar surface area (TPSA) is 24.9 Å². The minimum absolute atomic E-state index is 0.476. The van der Waals surface area contributed by atoms with Gasteiger partial charge >= 0.3 is 0 Å². The van der Waals surface area contributed by atoms with Crippen molar-refractivity contribution in [3.8, 4) is 0 Å². The van der Waals surface area contributed by atoms with Gasteiger partial charge in [0.2, 0.25) is 0 Å². The lowest BCUT2D eigenvalue weighted by Gasteiger charge is -2.17. The summed E-state index contributed by atoms with van der Waals surface area (Å²) < 4.78 is 1.13. The van der Waals surface area contributed by atoms with Gasteiger partial charge in [-0.3, -0.25) is 0 Å². The van der Waals surface area contributed by atoms with Crippen LogP contribution >= 0.6 is 39.0 Å². The lowest BCUT2D eigenvalue weighted by Crippen LogP contribution is -2.34. The Morgan fingerprint density at radius 1 is 1.33 bits per heavy atom. The van der Waals surface area contributed by atoms with E-state index >= 15 is 0 Å². The number of nitrogens with one attached hydrogen (secondary N) is 1. The first kappa shape index (κ1) is 17.0. The Balaban J connectivity index is 1.90. The van der Waals surface area contributed by atoms with Gasteiger partial charge in [0, 0.05) is 38.7 Å². The molecule has 1 heterocycles. The van der Waals surface area contributed by atoms with Crippen molar-refractivity contribution in [1.29, 1.82) is 0 Å². The molecule has 2 nitrogen and oxygen atoms in total. The molecule has 0 amide bonds. The lowest BCUT2D eigenvalue weighted by atomic mass is 10.2. The molecule has 1 atom stereocenters. The highest BCUT2D eigenvalue weighted by Crippen LogP contribution is 2.22. The SMILES string of the molecule is CCCNC(CSc1ccc(Br)cc1)Cc1nc(C)cs1. The summed E-state index contributed by atoms with van der Waals surface area (Å²) in [5, 5.41) is 7.01. The molecular weight excluding hydrogens is 364 g/mol. The maximum atomic E-state index is 4.59. The molecular formula is C16H21BrN2S2. The number of halogens is 1. The first-order chi connectivity index (χ1) is 10.2. The second-order valence-corrected chi connectivity index (χ2v) is 7.95. The second kappa shape index (κ2) is 8.93. The van der Waals surface area contributed by atoms with Crippen LogP contribution in [0.4, 0.5) is 0 Å². The summed E-state index contributed by atoms with van der Waals surface area (Å²) in [6.07, 6.45) is 2.18. The molecule has 2 aromatic rings. The van der Waals surface area contributed by atoms with Crippen LogP contribution in [-0.2, 0) is 6.42 Å². The lowest BCUT2D eigenvalue weighted by molar-refractivity contribution is 0.549. The first-order valence-electron chi connectivity index (χ1n) is 7.20. The van der Waals surface area contributed by atoms with Crippen LogP contribution in [0.25, 0.3) is 0 Å². The third kappa shape index (κ3) is 6.10. The quantitative estimate of drug-likeness (QED) is 0.653. The van der Waals surface area contributed by atoms with E-state index in [1.54, 1.807) is 11.3 Å². The van der Waals surface area contributed by atoms with Gasteiger partial charge in [0.1, 0.15) is 0 Å². The molecule has 0 aliphatic rings. The van der Waals surface area contributed by atoms with Crippen LogP contribution < -0.4 is 5.32 Å². The van der Waals surface area contributed by atoms with E-state index in [4.69, 9.17) is 0 Å². The standard InChI is InChI=1S/C16H21BrN2S2/c1-3-8-18-14(9-16-19-12(2)10-21-16)11-20-15-6-4-13(17)5-7-15/h4-7,10,14,18H,3,8-9,11H2,1-2H3. The molecule has 0 radical (unpaired) electrons. The van der Waals surface area contributed by atoms with E-state index < -0.39 is 0 Å². The zero-order valence-electron chi connectivity index (χ0n) is 12.4. The monoisotopic (exact) mass is 384 g/mol. The average Bonchev–Trinajstić information content (AvgIpc) is 2.89. The Labute approximate surface area is 143 Å². The molecule has 0 bridgehead atoms. The van der Waals surface area contributed by atoms with Crippen LogP contribution in [0, 0.1) is 6.92 Å². The summed E-state index contributed by atoms with van der Waals surface area (Å²) in [4.78, 5) is 5.90. The Kier molecular flexibility index (Phi) is 7.23. The molecule has 0 aliphatic heterocycles. The summed E-state index contributed by atoms with van der Waals surface area (Å²) in [6, 6.07) is 9.00. The van der Waals surface area contributed by atoms with Gasteiger partial charge in [-0.05, 0) is 44.2 Å². The summed E-state index contributed by atoms with van der Waals surface area (Å²) >= 11 is 7.15. The first-order valence-corrected chi connectivity index (χ1v) is 9.86. The van der Waals surface area contributed by atoms with E-state index in [1.165, 1.54) is 9.90 Å². The molecule has 0 spiro atoms. The molecule has 1 N–H and O–H groups in total. The van der Waals surface area contributed by atoms with Crippen molar-refractivity contribution in [3.05, 3.63) is 44.8 Å². The fraction of sp³-hybridized carbons (Fsp3) is 0.438. The Bertz CT molecular complexity index is 539. The fourth-order valence-corrected chi connectivity index (χ4v) is 4.05. The minimum atomic E-state index is 0.476. The molecule has 114 valence electrons. The van der Waals surface area contributed by atoms with Gasteiger partial charge in [-0.25, -0.2) is 4.98 Å². The highest BCUT2D eigenvalue weighted by atomic mass is 79.9. The van der Waals surface area contributed by atoms with Gasteiger partial charge in [-0.15, -0.1) is 23.1 Å². The van der Waals surface area contributed by atoms with Gasteiger partial charge in [0.15, 0.2) is 0 Å². The Hall–Kier alpha value is -0.360. The number of benzene rings is 1. The number of thiazole rings is 1. The summed E-state index contributed by atoms with van der Waals surface area (Å²) in [5.74, 6) is 1.07. The van der Waals surface area contributed by atoms with E-state index in [0.29, 0.717) is 6.04 Å². The highest BCUT2D eigenvalue weighted by Gasteiger charge is 2.12. The maximum Gasteiger partial charge on any atom is 0.0943 e. The van der Waals surface area contributed by atoms with E-state index in [2.05, 4.69) is 69.7 Å². The number of hydrogen-bond donors (Lipinski definition) is 1. The summed E-state index contributed by atoms with van der Waals surface area (Å²) in [7, 11) is 0. The zero-order valence-corrected chi connectivity index (χ0v) is 15.7. The number of aromatic nitrogens is 1. The normalized spacial score (nSPS) is 12.5. The van der Waals surface area contributed by atoms with E-state index in [9.17, 15) is 0 Å². The maximum absolute atomic E-state index is 4.59. The van der Waals surface area contributed by atoms with Gasteiger partial charge in [-0.1, -0.05) is 22.9 Å². The molecule has 2 rings (SSSR count). The number of hydrogen-bond acceptors (Lipinski definition) is 4. The largest absolute Gasteiger partial charge is 0.313 e. The molecule has 1 aromatic carbocycles. The molecule has 1 aromatic heterocycles. The van der Waals surface area contributed by atoms with Crippen LogP contribution in [0.5, 0.6) is 0 Å². The number of thioether (sulfide) groups is 1. The third-order valence-electron chi connectivity index (χ3n) is 3.04. The molecule has 0 saturated heterocycles. The molecule has 21 heavy (non-hydrogen) atoms. The predicted octanol–water partition coefficient (Wildman–Crippen LogP) is 4.92. The number of nitrogens with zero attached hydrogens (tertiary/aromatic N) is 1. The van der Waals surface area contributed by atoms with Crippen LogP contribution in [0.1, 0.15) is 24.0 Å². The van der Waals surface area contributed by atoms with Gasteiger partial charge in [0.05, 0.1) is 5.01 Å². The van der Waals surface area contributed by atoms with Crippen molar-refractivity contribution in [1.82, 2.24) is 10.3 Å². The third-order valence-corrected chi connectivity index (χ3v) is 5.73. The number of rotatable bonds is 8. The van der Waals surface area contributed by atoms with Crippen molar-refractivity contribution in [2.24, 2.45) is 0 Å². The van der Waals surface area contributed by atoms with E-state index in [-0.39, 0.29) is 0 Å². The van der Waals surface area contributed by atoms with Crippen LogP contribution in [0.15, 0.2) is 39.0 Å². The van der Waals surface area contributed by atoms with Crippen LogP contribution in [-0.4, -0.2) is 23.3 Å². The van der Waals surface area contributed by atoms with E-state index in [1.807, 2.05) is 11.8 Å². The summed E-state index contributed by atoms with van der Waals surface area (Å²) in [5.41, 5.74) is 1.13. The van der Waals surface area contributed by atoms with Crippen molar-refractivity contribution in [2.45, 2.75) is 37.6 Å². The van der Waals surface area contributed by atoms with Gasteiger partial charge in [0.25, 0.3) is 0 Å². The predicted molar refractivity (Wildman–Crippen MR) is 97.5 cm³/mol. The van der Waals surface area contributed by atoms with Crippen molar-refractivity contribution >= 4 is 39.0 Å². The Morgan fingerprint density at radius 3 is 2.71 bits per heavy atom. The molecule has 0 aliphatic carbocycles. The van der Waals surface area contributed by atoms with E-state index in [0.717, 1.165) is 35.3 Å². The fourth-order valence-electron chi connectivity index (χ4n) is 1.97. The average molecular weight is 385 g/mol. The molecule has 5 heteroatoms. The van der Waals surface area contributed by atoms with Gasteiger partial charge < -0.3 is 5.32 Å². The van der Waals surface area contributed by atoms with Crippen LogP contribution in [0.2, 0.25) is 0 Å². The van der Waals surface area contributed by atoms with Crippen molar-refractivity contribution in [2.75, 3.05) is 12.3 Å². The van der Waals surface area contributed by atoms with Crippen molar-refractivity contribution < 1.29 is 0 Å². The van der Waals surface area contributed by atoms with Crippen LogP contribution in [0.3, 0.4) is 0 Å². The number of aryl methyl sites for hydroxylation is 1. The van der Waals surface area contributed by atoms with Gasteiger partial charge in [-0.2, -0.15) is 0 Å². The zero-order chi connectivity index (χ0) is 15.1. The second-order valence-electron chi connectivity index (χ2n) is 5.00. The summed E-state index contributed by atoms with van der Waals surface area (Å²) in [6.45, 7) is 5.33. The van der Waals surface area contributed by atoms with Crippen molar-refractivity contribution in [3.63, 3.8) is 0 Å². The smallest absolute Gasteiger partial charge is 0.0943 e. The molecule has 0 saturated carbocycles. The molecule has 1 unspecified atom stereocenters. The molecule has 0 fully saturated rings. The highest BCUT2D eigenvalue weighted by molar-refractivity contribution is 9.10. The minimum Gasteiger partial charge on any atom is -0.313 e. The Morgan fingerprint density at radius 2 is 2.10 bits per heavy atom.